The first-order valence-corrected chi connectivity index (χ1v) is 5.50. The Morgan fingerprint density at radius 1 is 1.53 bits per heavy atom. The molecule has 2 aromatic rings. The minimum Gasteiger partial charge on any atom is -0.508 e. The second-order valence-electron chi connectivity index (χ2n) is 4.18. The summed E-state index contributed by atoms with van der Waals surface area (Å²) in [5.41, 5.74) is 7.68. The summed E-state index contributed by atoms with van der Waals surface area (Å²) in [7, 11) is 3.58. The number of hydrogen-bond acceptors (Lipinski definition) is 4. The van der Waals surface area contributed by atoms with Gasteiger partial charge in [0, 0.05) is 32.7 Å². The van der Waals surface area contributed by atoms with Crippen molar-refractivity contribution < 1.29 is 9.84 Å². The average Bonchev–Trinajstić information content (AvgIpc) is 2.55. The topological polar surface area (TPSA) is 73.3 Å². The van der Waals surface area contributed by atoms with E-state index < -0.39 is 0 Å². The van der Waals surface area contributed by atoms with Gasteiger partial charge in [-0.2, -0.15) is 0 Å². The number of benzene rings is 1. The number of phenolic OH excluding ortho intramolecular Hbond substituents is 1. The van der Waals surface area contributed by atoms with Crippen molar-refractivity contribution in [3.63, 3.8) is 0 Å². The SMILES string of the molecule is COCC(N)Cc1nc2cc(O)ccc2n1C. The first-order chi connectivity index (χ1) is 8.11. The molecule has 0 amide bonds. The maximum absolute atomic E-state index is 9.40. The molecule has 5 heteroatoms. The molecule has 0 bridgehead atoms. The number of hydrogen-bond donors (Lipinski definition) is 2. The van der Waals surface area contributed by atoms with E-state index in [1.807, 2.05) is 17.7 Å². The highest BCUT2D eigenvalue weighted by molar-refractivity contribution is 5.77. The van der Waals surface area contributed by atoms with Crippen LogP contribution in [0.3, 0.4) is 0 Å². The normalized spacial score (nSPS) is 13.1. The summed E-state index contributed by atoms with van der Waals surface area (Å²) in [5, 5.41) is 9.40. The molecule has 0 radical (unpaired) electrons. The lowest BCUT2D eigenvalue weighted by Crippen LogP contribution is -2.29. The molecule has 5 nitrogen and oxygen atoms in total. The highest BCUT2D eigenvalue weighted by Crippen LogP contribution is 2.20. The number of aromatic nitrogens is 2. The third-order valence-corrected chi connectivity index (χ3v) is 2.78. The Morgan fingerprint density at radius 3 is 3.00 bits per heavy atom. The number of rotatable bonds is 4. The van der Waals surface area contributed by atoms with Gasteiger partial charge < -0.3 is 20.1 Å². The molecule has 0 aliphatic rings. The summed E-state index contributed by atoms with van der Waals surface area (Å²) in [6.07, 6.45) is 0.653. The van der Waals surface area contributed by atoms with Crippen molar-refractivity contribution in [1.82, 2.24) is 9.55 Å². The van der Waals surface area contributed by atoms with Gasteiger partial charge in [0.1, 0.15) is 11.6 Å². The quantitative estimate of drug-likeness (QED) is 0.822. The van der Waals surface area contributed by atoms with Crippen LogP contribution >= 0.6 is 0 Å². The molecule has 1 unspecified atom stereocenters. The Balaban J connectivity index is 2.32. The fraction of sp³-hybridized carbons (Fsp3) is 0.417. The zero-order valence-electron chi connectivity index (χ0n) is 10.1. The van der Waals surface area contributed by atoms with Crippen LogP contribution in [-0.4, -0.2) is 34.4 Å². The van der Waals surface area contributed by atoms with Crippen molar-refractivity contribution in [2.45, 2.75) is 12.5 Å². The molecule has 1 aromatic carbocycles. The molecule has 2 rings (SSSR count). The number of aromatic hydroxyl groups is 1. The van der Waals surface area contributed by atoms with Crippen LogP contribution in [-0.2, 0) is 18.2 Å². The van der Waals surface area contributed by atoms with E-state index in [0.717, 1.165) is 16.9 Å². The molecular formula is C12H17N3O2. The second kappa shape index (κ2) is 4.73. The molecule has 1 atom stereocenters. The smallest absolute Gasteiger partial charge is 0.117 e. The zero-order chi connectivity index (χ0) is 12.4. The van der Waals surface area contributed by atoms with Crippen molar-refractivity contribution >= 4 is 11.0 Å². The van der Waals surface area contributed by atoms with E-state index in [4.69, 9.17) is 10.5 Å². The third kappa shape index (κ3) is 2.40. The Bertz CT molecular complexity index is 522. The van der Waals surface area contributed by atoms with E-state index >= 15 is 0 Å². The van der Waals surface area contributed by atoms with Gasteiger partial charge >= 0.3 is 0 Å². The summed E-state index contributed by atoms with van der Waals surface area (Å²) in [6.45, 7) is 0.508. The predicted octanol–water partition coefficient (Wildman–Crippen LogP) is 0.795. The molecule has 3 N–H and O–H groups in total. The Kier molecular flexibility index (Phi) is 3.31. The molecule has 17 heavy (non-hydrogen) atoms. The lowest BCUT2D eigenvalue weighted by atomic mass is 10.2. The van der Waals surface area contributed by atoms with Crippen molar-refractivity contribution in [3.8, 4) is 5.75 Å². The van der Waals surface area contributed by atoms with Gasteiger partial charge in [0.25, 0.3) is 0 Å². The summed E-state index contributed by atoms with van der Waals surface area (Å²) in [5.74, 6) is 1.12. The number of nitrogens with two attached hydrogens (primary N) is 1. The Morgan fingerprint density at radius 2 is 2.29 bits per heavy atom. The van der Waals surface area contributed by atoms with E-state index in [2.05, 4.69) is 4.98 Å². The molecule has 0 saturated carbocycles. The monoisotopic (exact) mass is 235 g/mol. The van der Waals surface area contributed by atoms with Crippen molar-refractivity contribution in [2.24, 2.45) is 12.8 Å². The van der Waals surface area contributed by atoms with E-state index in [9.17, 15) is 5.11 Å². The van der Waals surface area contributed by atoms with Crippen LogP contribution in [0.25, 0.3) is 11.0 Å². The lowest BCUT2D eigenvalue weighted by molar-refractivity contribution is 0.179. The molecule has 0 aliphatic carbocycles. The summed E-state index contributed by atoms with van der Waals surface area (Å²) in [6, 6.07) is 5.09. The van der Waals surface area contributed by atoms with Crippen LogP contribution in [0.5, 0.6) is 5.75 Å². The number of fused-ring (bicyclic) bond motifs is 1. The molecule has 0 spiro atoms. The number of imidazole rings is 1. The molecule has 1 heterocycles. The molecule has 0 fully saturated rings. The summed E-state index contributed by atoms with van der Waals surface area (Å²) >= 11 is 0. The maximum atomic E-state index is 9.40. The third-order valence-electron chi connectivity index (χ3n) is 2.78. The number of nitrogens with zero attached hydrogens (tertiary/aromatic N) is 2. The first-order valence-electron chi connectivity index (χ1n) is 5.50. The fourth-order valence-corrected chi connectivity index (χ4v) is 1.93. The molecule has 92 valence electrons. The fourth-order valence-electron chi connectivity index (χ4n) is 1.93. The van der Waals surface area contributed by atoms with Gasteiger partial charge in [0.05, 0.1) is 17.6 Å². The van der Waals surface area contributed by atoms with Crippen LogP contribution in [0.2, 0.25) is 0 Å². The molecule has 0 aliphatic heterocycles. The van der Waals surface area contributed by atoms with E-state index in [0.29, 0.717) is 13.0 Å². The van der Waals surface area contributed by atoms with Crippen LogP contribution in [0.15, 0.2) is 18.2 Å². The largest absolute Gasteiger partial charge is 0.508 e. The molecular weight excluding hydrogens is 218 g/mol. The number of ether oxygens (including phenoxy) is 1. The first kappa shape index (κ1) is 11.9. The minimum atomic E-state index is -0.0656. The van der Waals surface area contributed by atoms with Crippen LogP contribution in [0, 0.1) is 0 Å². The molecule has 0 saturated heterocycles. The summed E-state index contributed by atoms with van der Waals surface area (Å²) in [4.78, 5) is 4.46. The van der Waals surface area contributed by atoms with Gasteiger partial charge in [-0.15, -0.1) is 0 Å². The van der Waals surface area contributed by atoms with Crippen molar-refractivity contribution in [3.05, 3.63) is 24.0 Å². The number of phenols is 1. The van der Waals surface area contributed by atoms with Crippen LogP contribution < -0.4 is 5.73 Å². The average molecular weight is 235 g/mol. The Hall–Kier alpha value is -1.59. The van der Waals surface area contributed by atoms with Crippen molar-refractivity contribution in [2.75, 3.05) is 13.7 Å². The minimum absolute atomic E-state index is 0.0656. The van der Waals surface area contributed by atoms with Crippen molar-refractivity contribution in [1.29, 1.82) is 0 Å². The van der Waals surface area contributed by atoms with E-state index in [-0.39, 0.29) is 11.8 Å². The van der Waals surface area contributed by atoms with E-state index in [1.54, 1.807) is 19.2 Å². The predicted molar refractivity (Wildman–Crippen MR) is 65.9 cm³/mol. The zero-order valence-corrected chi connectivity index (χ0v) is 10.1. The van der Waals surface area contributed by atoms with Gasteiger partial charge in [-0.3, -0.25) is 0 Å². The maximum Gasteiger partial charge on any atom is 0.117 e. The molecule has 1 aromatic heterocycles. The van der Waals surface area contributed by atoms with E-state index in [1.165, 1.54) is 0 Å². The number of methoxy groups -OCH3 is 1. The Labute approximate surface area is 99.8 Å². The van der Waals surface area contributed by atoms with Gasteiger partial charge in [-0.25, -0.2) is 4.98 Å². The summed E-state index contributed by atoms with van der Waals surface area (Å²) < 4.78 is 7.00. The van der Waals surface area contributed by atoms with Crippen LogP contribution in [0.1, 0.15) is 5.82 Å². The highest BCUT2D eigenvalue weighted by atomic mass is 16.5. The van der Waals surface area contributed by atoms with Gasteiger partial charge in [0.2, 0.25) is 0 Å². The lowest BCUT2D eigenvalue weighted by Gasteiger charge is -2.09. The highest BCUT2D eigenvalue weighted by Gasteiger charge is 2.11. The van der Waals surface area contributed by atoms with Gasteiger partial charge in [-0.1, -0.05) is 0 Å². The van der Waals surface area contributed by atoms with Gasteiger partial charge in [-0.05, 0) is 12.1 Å². The number of aryl methyl sites for hydroxylation is 1. The van der Waals surface area contributed by atoms with Gasteiger partial charge in [0.15, 0.2) is 0 Å². The van der Waals surface area contributed by atoms with Crippen LogP contribution in [0.4, 0.5) is 0 Å². The standard InChI is InChI=1S/C12H17N3O2/c1-15-11-4-3-9(16)6-10(11)14-12(15)5-8(13)7-17-2/h3-4,6,8,16H,5,7,13H2,1-2H3. The second-order valence-corrected chi connectivity index (χ2v) is 4.18.